The molecule has 1 aromatic rings. The van der Waals surface area contributed by atoms with Crippen LogP contribution < -0.4 is 11.1 Å². The first-order chi connectivity index (χ1) is 9.36. The van der Waals surface area contributed by atoms with Crippen LogP contribution in [0.15, 0.2) is 18.2 Å². The van der Waals surface area contributed by atoms with Gasteiger partial charge in [0.25, 0.3) is 0 Å². The van der Waals surface area contributed by atoms with Crippen LogP contribution >= 0.6 is 0 Å². The zero-order valence-electron chi connectivity index (χ0n) is 11.5. The van der Waals surface area contributed by atoms with E-state index in [0.29, 0.717) is 18.2 Å². The van der Waals surface area contributed by atoms with E-state index in [1.54, 1.807) is 6.07 Å². The number of hydrogen-bond donors (Lipinski definition) is 2. The number of nitrogens with two attached hydrogens (primary N) is 1. The summed E-state index contributed by atoms with van der Waals surface area (Å²) in [5.74, 6) is 0.473. The molecule has 1 saturated heterocycles. The van der Waals surface area contributed by atoms with Crippen LogP contribution in [0.4, 0.5) is 24.5 Å². The van der Waals surface area contributed by atoms with Crippen LogP contribution in [0.5, 0.6) is 0 Å². The Labute approximate surface area is 116 Å². The Hall–Kier alpha value is -1.43. The number of alkyl halides is 3. The third kappa shape index (κ3) is 3.79. The summed E-state index contributed by atoms with van der Waals surface area (Å²) < 4.78 is 38.3. The summed E-state index contributed by atoms with van der Waals surface area (Å²) in [6.45, 7) is 2.76. The molecule has 1 aromatic carbocycles. The van der Waals surface area contributed by atoms with E-state index in [0.717, 1.165) is 32.0 Å². The molecular formula is C14H20F3N3. The van der Waals surface area contributed by atoms with Crippen LogP contribution in [0.1, 0.15) is 18.4 Å². The highest BCUT2D eigenvalue weighted by atomic mass is 19.4. The number of anilines is 2. The molecule has 112 valence electrons. The Balaban J connectivity index is 1.99. The second kappa shape index (κ2) is 5.91. The number of nitrogens with zero attached hydrogens (tertiary/aromatic N) is 1. The number of rotatable bonds is 3. The van der Waals surface area contributed by atoms with E-state index < -0.39 is 11.7 Å². The van der Waals surface area contributed by atoms with Crippen molar-refractivity contribution in [3.8, 4) is 0 Å². The van der Waals surface area contributed by atoms with Crippen molar-refractivity contribution in [2.45, 2.75) is 19.0 Å². The molecule has 0 bridgehead atoms. The van der Waals surface area contributed by atoms with Gasteiger partial charge in [0.15, 0.2) is 0 Å². The maximum Gasteiger partial charge on any atom is 0.418 e. The second-order valence-corrected chi connectivity index (χ2v) is 5.45. The first-order valence-electron chi connectivity index (χ1n) is 6.75. The minimum Gasteiger partial charge on any atom is -0.398 e. The normalized spacial score (nSPS) is 20.9. The number of piperidine rings is 1. The van der Waals surface area contributed by atoms with Gasteiger partial charge in [-0.15, -0.1) is 0 Å². The first kappa shape index (κ1) is 15.0. The minimum absolute atomic E-state index is 0.236. The molecular weight excluding hydrogens is 267 g/mol. The van der Waals surface area contributed by atoms with Crippen molar-refractivity contribution in [1.82, 2.24) is 4.90 Å². The van der Waals surface area contributed by atoms with Gasteiger partial charge < -0.3 is 16.0 Å². The van der Waals surface area contributed by atoms with Gasteiger partial charge in [-0.3, -0.25) is 0 Å². The molecule has 0 aromatic heterocycles. The standard InChI is InChI=1S/C14H20F3N3/c1-20-6-2-3-10(9-20)8-19-11-4-5-13(18)12(7-11)14(15,16)17/h4-5,7,10,19H,2-3,6,8-9,18H2,1H3. The minimum atomic E-state index is -4.41. The molecule has 6 heteroatoms. The molecule has 1 unspecified atom stereocenters. The Morgan fingerprint density at radius 2 is 2.15 bits per heavy atom. The van der Waals surface area contributed by atoms with E-state index in [2.05, 4.69) is 17.3 Å². The molecule has 20 heavy (non-hydrogen) atoms. The monoisotopic (exact) mass is 287 g/mol. The molecule has 0 spiro atoms. The van der Waals surface area contributed by atoms with Gasteiger partial charge in [0.2, 0.25) is 0 Å². The Bertz CT molecular complexity index is 459. The van der Waals surface area contributed by atoms with Gasteiger partial charge in [-0.25, -0.2) is 0 Å². The van der Waals surface area contributed by atoms with Crippen molar-refractivity contribution in [3.05, 3.63) is 23.8 Å². The third-order valence-electron chi connectivity index (χ3n) is 3.68. The zero-order chi connectivity index (χ0) is 14.8. The van der Waals surface area contributed by atoms with Crippen LogP contribution in [0, 0.1) is 5.92 Å². The predicted octanol–water partition coefficient (Wildman–Crippen LogP) is 3.04. The van der Waals surface area contributed by atoms with E-state index in [1.807, 2.05) is 0 Å². The van der Waals surface area contributed by atoms with E-state index in [1.165, 1.54) is 6.07 Å². The van der Waals surface area contributed by atoms with Crippen LogP contribution in [-0.2, 0) is 6.18 Å². The van der Waals surface area contributed by atoms with Crippen LogP contribution in [0.25, 0.3) is 0 Å². The van der Waals surface area contributed by atoms with Gasteiger partial charge in [-0.1, -0.05) is 0 Å². The van der Waals surface area contributed by atoms with E-state index in [-0.39, 0.29) is 5.69 Å². The SMILES string of the molecule is CN1CCCC(CNc2ccc(N)c(C(F)(F)F)c2)C1. The molecule has 2 rings (SSSR count). The Morgan fingerprint density at radius 1 is 1.40 bits per heavy atom. The summed E-state index contributed by atoms with van der Waals surface area (Å²) in [5.41, 5.74) is 4.84. The van der Waals surface area contributed by atoms with Crippen molar-refractivity contribution in [2.75, 3.05) is 37.7 Å². The largest absolute Gasteiger partial charge is 0.418 e. The van der Waals surface area contributed by atoms with Gasteiger partial charge in [0.05, 0.1) is 5.56 Å². The fourth-order valence-corrected chi connectivity index (χ4v) is 2.61. The third-order valence-corrected chi connectivity index (χ3v) is 3.68. The summed E-state index contributed by atoms with van der Waals surface area (Å²) in [5, 5.41) is 3.09. The Kier molecular flexibility index (Phi) is 4.42. The summed E-state index contributed by atoms with van der Waals surface area (Å²) >= 11 is 0. The molecule has 0 aliphatic carbocycles. The number of benzene rings is 1. The smallest absolute Gasteiger partial charge is 0.398 e. The lowest BCUT2D eigenvalue weighted by Crippen LogP contribution is -2.35. The fourth-order valence-electron chi connectivity index (χ4n) is 2.61. The average Bonchev–Trinajstić information content (AvgIpc) is 2.36. The van der Waals surface area contributed by atoms with Crippen molar-refractivity contribution in [1.29, 1.82) is 0 Å². The molecule has 1 heterocycles. The summed E-state index contributed by atoms with van der Waals surface area (Å²) in [7, 11) is 2.07. The highest BCUT2D eigenvalue weighted by Gasteiger charge is 2.33. The van der Waals surface area contributed by atoms with Crippen molar-refractivity contribution >= 4 is 11.4 Å². The fraction of sp³-hybridized carbons (Fsp3) is 0.571. The van der Waals surface area contributed by atoms with Crippen LogP contribution in [0.3, 0.4) is 0 Å². The van der Waals surface area contributed by atoms with Gasteiger partial charge in [-0.2, -0.15) is 13.2 Å². The van der Waals surface area contributed by atoms with Gasteiger partial charge in [-0.05, 0) is 50.6 Å². The molecule has 0 radical (unpaired) electrons. The summed E-state index contributed by atoms with van der Waals surface area (Å²) in [6.07, 6.45) is -2.16. The molecule has 3 N–H and O–H groups in total. The second-order valence-electron chi connectivity index (χ2n) is 5.45. The molecule has 1 fully saturated rings. The first-order valence-corrected chi connectivity index (χ1v) is 6.75. The van der Waals surface area contributed by atoms with Gasteiger partial charge in [0.1, 0.15) is 0 Å². The van der Waals surface area contributed by atoms with Crippen LogP contribution in [0.2, 0.25) is 0 Å². The molecule has 0 amide bonds. The van der Waals surface area contributed by atoms with Gasteiger partial charge in [0, 0.05) is 24.5 Å². The number of nitrogens with one attached hydrogen (secondary N) is 1. The molecule has 1 atom stereocenters. The number of halogens is 3. The lowest BCUT2D eigenvalue weighted by atomic mass is 9.98. The number of hydrogen-bond acceptors (Lipinski definition) is 3. The molecule has 3 nitrogen and oxygen atoms in total. The van der Waals surface area contributed by atoms with Gasteiger partial charge >= 0.3 is 6.18 Å². The summed E-state index contributed by atoms with van der Waals surface area (Å²) in [6, 6.07) is 3.98. The molecule has 1 aliphatic rings. The number of nitrogen functional groups attached to an aromatic ring is 1. The van der Waals surface area contributed by atoms with E-state index in [9.17, 15) is 13.2 Å². The maximum atomic E-state index is 12.8. The average molecular weight is 287 g/mol. The quantitative estimate of drug-likeness (QED) is 0.840. The topological polar surface area (TPSA) is 41.3 Å². The van der Waals surface area contributed by atoms with E-state index in [4.69, 9.17) is 5.73 Å². The lowest BCUT2D eigenvalue weighted by molar-refractivity contribution is -0.136. The lowest BCUT2D eigenvalue weighted by Gasteiger charge is -2.30. The van der Waals surface area contributed by atoms with E-state index >= 15 is 0 Å². The zero-order valence-corrected chi connectivity index (χ0v) is 11.5. The highest BCUT2D eigenvalue weighted by molar-refractivity contribution is 5.58. The Morgan fingerprint density at radius 3 is 2.80 bits per heavy atom. The van der Waals surface area contributed by atoms with Crippen molar-refractivity contribution in [3.63, 3.8) is 0 Å². The van der Waals surface area contributed by atoms with Crippen molar-refractivity contribution in [2.24, 2.45) is 5.92 Å². The molecule has 1 aliphatic heterocycles. The highest BCUT2D eigenvalue weighted by Crippen LogP contribution is 2.35. The number of likely N-dealkylation sites (tertiary alicyclic amines) is 1. The maximum absolute atomic E-state index is 12.8. The molecule has 0 saturated carbocycles. The van der Waals surface area contributed by atoms with Crippen molar-refractivity contribution < 1.29 is 13.2 Å². The van der Waals surface area contributed by atoms with Crippen LogP contribution in [-0.4, -0.2) is 31.6 Å². The summed E-state index contributed by atoms with van der Waals surface area (Å²) in [4.78, 5) is 2.25. The predicted molar refractivity (Wildman–Crippen MR) is 74.6 cm³/mol.